The van der Waals surface area contributed by atoms with Gasteiger partial charge in [-0.2, -0.15) is 4.98 Å². The summed E-state index contributed by atoms with van der Waals surface area (Å²) in [5.74, 6) is -0.0781. The summed E-state index contributed by atoms with van der Waals surface area (Å²) in [5, 5.41) is 6.12. The van der Waals surface area contributed by atoms with Crippen molar-refractivity contribution in [1.82, 2.24) is 9.97 Å². The summed E-state index contributed by atoms with van der Waals surface area (Å²) in [5.41, 5.74) is 1.99. The van der Waals surface area contributed by atoms with Gasteiger partial charge in [0, 0.05) is 11.9 Å². The second-order valence-corrected chi connectivity index (χ2v) is 5.63. The molecule has 0 aliphatic carbocycles. The van der Waals surface area contributed by atoms with Gasteiger partial charge >= 0.3 is 11.9 Å². The highest BCUT2D eigenvalue weighted by Gasteiger charge is 2.12. The van der Waals surface area contributed by atoms with Crippen LogP contribution in [0.5, 0.6) is 0 Å². The molecule has 1 aromatic heterocycles. The Morgan fingerprint density at radius 3 is 2.46 bits per heavy atom. The Bertz CT molecular complexity index is 1010. The molecule has 0 spiro atoms. The van der Waals surface area contributed by atoms with E-state index in [0.29, 0.717) is 34.3 Å². The van der Waals surface area contributed by atoms with E-state index in [1.165, 1.54) is 14.2 Å². The van der Waals surface area contributed by atoms with Gasteiger partial charge in [-0.3, -0.25) is 0 Å². The molecule has 8 nitrogen and oxygen atoms in total. The van der Waals surface area contributed by atoms with Gasteiger partial charge in [0.2, 0.25) is 5.95 Å². The van der Waals surface area contributed by atoms with Crippen LogP contribution in [0.15, 0.2) is 60.8 Å². The summed E-state index contributed by atoms with van der Waals surface area (Å²) in [7, 11) is 2.65. The molecule has 0 atom stereocenters. The number of aromatic nitrogens is 2. The number of esters is 2. The molecule has 3 rings (SSSR count). The molecule has 8 heteroatoms. The number of hydrogen-bond acceptors (Lipinski definition) is 8. The van der Waals surface area contributed by atoms with E-state index in [2.05, 4.69) is 20.6 Å². The standard InChI is InChI=1S/C20H18N4O4/c1-27-18(25)13-6-5-7-14(12-13)22-17-10-11-21-20(24-17)23-16-9-4-3-8-15(16)19(26)28-2/h3-12H,1-2H3,(H2,21,22,23,24). The maximum absolute atomic E-state index is 11.9. The summed E-state index contributed by atoms with van der Waals surface area (Å²) < 4.78 is 9.51. The molecule has 142 valence electrons. The van der Waals surface area contributed by atoms with Crippen LogP contribution < -0.4 is 10.6 Å². The quantitative estimate of drug-likeness (QED) is 0.628. The molecule has 0 amide bonds. The molecule has 0 aliphatic rings. The molecule has 28 heavy (non-hydrogen) atoms. The Balaban J connectivity index is 1.81. The number of rotatable bonds is 6. The van der Waals surface area contributed by atoms with Crippen LogP contribution in [0.25, 0.3) is 0 Å². The Labute approximate surface area is 161 Å². The van der Waals surface area contributed by atoms with E-state index in [4.69, 9.17) is 9.47 Å². The summed E-state index contributed by atoms with van der Waals surface area (Å²) >= 11 is 0. The third-order valence-electron chi connectivity index (χ3n) is 3.79. The van der Waals surface area contributed by atoms with Gasteiger partial charge in [-0.05, 0) is 36.4 Å². The lowest BCUT2D eigenvalue weighted by molar-refractivity contribution is 0.0592. The molecular weight excluding hydrogens is 360 g/mol. The van der Waals surface area contributed by atoms with Gasteiger partial charge in [-0.25, -0.2) is 14.6 Å². The Morgan fingerprint density at radius 1 is 0.893 bits per heavy atom. The number of benzene rings is 2. The molecule has 0 saturated carbocycles. The first-order valence-corrected chi connectivity index (χ1v) is 8.33. The van der Waals surface area contributed by atoms with Crippen molar-refractivity contribution >= 4 is 35.1 Å². The van der Waals surface area contributed by atoms with Gasteiger partial charge in [-0.15, -0.1) is 0 Å². The molecule has 2 N–H and O–H groups in total. The monoisotopic (exact) mass is 378 g/mol. The number of hydrogen-bond donors (Lipinski definition) is 2. The summed E-state index contributed by atoms with van der Waals surface area (Å²) in [6.07, 6.45) is 1.57. The lowest BCUT2D eigenvalue weighted by Gasteiger charge is -2.11. The van der Waals surface area contributed by atoms with E-state index < -0.39 is 11.9 Å². The first-order valence-electron chi connectivity index (χ1n) is 8.33. The Morgan fingerprint density at radius 2 is 1.68 bits per heavy atom. The van der Waals surface area contributed by atoms with Gasteiger partial charge in [0.15, 0.2) is 0 Å². The third kappa shape index (κ3) is 4.42. The minimum absolute atomic E-state index is 0.297. The maximum atomic E-state index is 11.9. The van der Waals surface area contributed by atoms with Gasteiger partial charge in [0.1, 0.15) is 5.82 Å². The number of ether oxygens (including phenoxy) is 2. The van der Waals surface area contributed by atoms with Crippen LogP contribution in [0.3, 0.4) is 0 Å². The number of nitrogens with zero attached hydrogens (tertiary/aromatic N) is 2. The van der Waals surface area contributed by atoms with Crippen molar-refractivity contribution in [1.29, 1.82) is 0 Å². The Kier molecular flexibility index (Phi) is 5.81. The molecular formula is C20H18N4O4. The van der Waals surface area contributed by atoms with E-state index in [9.17, 15) is 9.59 Å². The van der Waals surface area contributed by atoms with E-state index in [0.717, 1.165) is 0 Å². The predicted octanol–water partition coefficient (Wildman–Crippen LogP) is 3.54. The summed E-state index contributed by atoms with van der Waals surface area (Å²) in [4.78, 5) is 32.1. The van der Waals surface area contributed by atoms with Crippen molar-refractivity contribution in [2.24, 2.45) is 0 Å². The molecule has 0 unspecified atom stereocenters. The zero-order valence-electron chi connectivity index (χ0n) is 15.3. The molecule has 0 bridgehead atoms. The van der Waals surface area contributed by atoms with Gasteiger partial charge in [-0.1, -0.05) is 18.2 Å². The van der Waals surface area contributed by atoms with Crippen molar-refractivity contribution in [3.63, 3.8) is 0 Å². The molecule has 0 fully saturated rings. The van der Waals surface area contributed by atoms with Crippen LogP contribution in [0.1, 0.15) is 20.7 Å². The highest BCUT2D eigenvalue weighted by Crippen LogP contribution is 2.21. The lowest BCUT2D eigenvalue weighted by Crippen LogP contribution is -2.07. The number of carbonyl (C=O) groups excluding carboxylic acids is 2. The lowest BCUT2D eigenvalue weighted by atomic mass is 10.2. The minimum atomic E-state index is -0.461. The number of methoxy groups -OCH3 is 2. The van der Waals surface area contributed by atoms with Gasteiger partial charge in [0.05, 0.1) is 31.0 Å². The first-order chi connectivity index (χ1) is 13.6. The number of anilines is 4. The van der Waals surface area contributed by atoms with Crippen molar-refractivity contribution in [3.05, 3.63) is 71.9 Å². The number of nitrogens with one attached hydrogen (secondary N) is 2. The average molecular weight is 378 g/mol. The zero-order chi connectivity index (χ0) is 19.9. The van der Waals surface area contributed by atoms with Crippen molar-refractivity contribution in [2.45, 2.75) is 0 Å². The fourth-order valence-corrected chi connectivity index (χ4v) is 2.48. The van der Waals surface area contributed by atoms with E-state index >= 15 is 0 Å². The van der Waals surface area contributed by atoms with Gasteiger partial charge < -0.3 is 20.1 Å². The number of para-hydroxylation sites is 1. The fraction of sp³-hybridized carbons (Fsp3) is 0.100. The van der Waals surface area contributed by atoms with Gasteiger partial charge in [0.25, 0.3) is 0 Å². The summed E-state index contributed by atoms with van der Waals surface area (Å²) in [6.45, 7) is 0. The van der Waals surface area contributed by atoms with Crippen LogP contribution in [0.4, 0.5) is 23.1 Å². The first kappa shape index (κ1) is 18.8. The normalized spacial score (nSPS) is 10.1. The molecule has 0 radical (unpaired) electrons. The van der Waals surface area contributed by atoms with Crippen LogP contribution >= 0.6 is 0 Å². The molecule has 2 aromatic carbocycles. The van der Waals surface area contributed by atoms with Crippen LogP contribution in [-0.4, -0.2) is 36.1 Å². The summed E-state index contributed by atoms with van der Waals surface area (Å²) in [6, 6.07) is 15.4. The number of carbonyl (C=O) groups is 2. The second kappa shape index (κ2) is 8.63. The minimum Gasteiger partial charge on any atom is -0.465 e. The second-order valence-electron chi connectivity index (χ2n) is 5.63. The van der Waals surface area contributed by atoms with Crippen LogP contribution in [0, 0.1) is 0 Å². The average Bonchev–Trinajstić information content (AvgIpc) is 2.73. The topological polar surface area (TPSA) is 102 Å². The van der Waals surface area contributed by atoms with E-state index in [-0.39, 0.29) is 0 Å². The van der Waals surface area contributed by atoms with Crippen molar-refractivity contribution in [3.8, 4) is 0 Å². The highest BCUT2D eigenvalue weighted by molar-refractivity contribution is 5.96. The largest absolute Gasteiger partial charge is 0.465 e. The smallest absolute Gasteiger partial charge is 0.339 e. The fourth-order valence-electron chi connectivity index (χ4n) is 2.48. The van der Waals surface area contributed by atoms with Crippen molar-refractivity contribution < 1.29 is 19.1 Å². The molecule has 3 aromatic rings. The van der Waals surface area contributed by atoms with E-state index in [1.54, 1.807) is 60.8 Å². The van der Waals surface area contributed by atoms with E-state index in [1.807, 2.05) is 0 Å². The predicted molar refractivity (Wildman–Crippen MR) is 104 cm³/mol. The van der Waals surface area contributed by atoms with Crippen LogP contribution in [0.2, 0.25) is 0 Å². The molecule has 1 heterocycles. The Hall–Kier alpha value is -3.94. The third-order valence-corrected chi connectivity index (χ3v) is 3.79. The highest BCUT2D eigenvalue weighted by atomic mass is 16.5. The SMILES string of the molecule is COC(=O)c1cccc(Nc2ccnc(Nc3ccccc3C(=O)OC)n2)c1. The van der Waals surface area contributed by atoms with Crippen molar-refractivity contribution in [2.75, 3.05) is 24.9 Å². The zero-order valence-corrected chi connectivity index (χ0v) is 15.3. The maximum Gasteiger partial charge on any atom is 0.339 e. The molecule has 0 saturated heterocycles. The van der Waals surface area contributed by atoms with Crippen LogP contribution in [-0.2, 0) is 9.47 Å². The molecule has 0 aliphatic heterocycles.